The molecule has 10 heteroatoms. The lowest BCUT2D eigenvalue weighted by Gasteiger charge is -2.38. The summed E-state index contributed by atoms with van der Waals surface area (Å²) in [6.07, 6.45) is 6.47. The number of carbonyl (C=O) groups is 1. The Kier molecular flexibility index (Phi) is 6.97. The maximum Gasteiger partial charge on any atom is 0.336 e. The normalized spacial score (nSPS) is 15.3. The van der Waals surface area contributed by atoms with Crippen molar-refractivity contribution < 1.29 is 19.2 Å². The van der Waals surface area contributed by atoms with Gasteiger partial charge >= 0.3 is 5.97 Å². The van der Waals surface area contributed by atoms with Crippen molar-refractivity contribution in [2.24, 2.45) is 0 Å². The van der Waals surface area contributed by atoms with Crippen LogP contribution in [0.3, 0.4) is 0 Å². The highest BCUT2D eigenvalue weighted by Gasteiger charge is 2.41. The summed E-state index contributed by atoms with van der Waals surface area (Å²) < 4.78 is 8.32. The van der Waals surface area contributed by atoms with Gasteiger partial charge in [-0.2, -0.15) is 0 Å². The second-order valence-corrected chi connectivity index (χ2v) is 15.2. The molecule has 0 saturated heterocycles. The van der Waals surface area contributed by atoms with Gasteiger partial charge in [-0.15, -0.1) is 20.4 Å². The second kappa shape index (κ2) is 10.3. The van der Waals surface area contributed by atoms with Gasteiger partial charge in [0.15, 0.2) is 18.1 Å². The Balaban J connectivity index is 1.80. The van der Waals surface area contributed by atoms with E-state index < -0.39 is 14.0 Å². The number of carboxylic acid groups (broad SMARTS) is 1. The minimum atomic E-state index is -2.20. The lowest BCUT2D eigenvalue weighted by Crippen LogP contribution is -2.49. The molecule has 2 aliphatic rings. The molecule has 2 aromatic carbocycles. The summed E-state index contributed by atoms with van der Waals surface area (Å²) in [5.74, 6) is 0.185. The molecular formula is C30H33N6O3Si+. The van der Waals surface area contributed by atoms with E-state index in [2.05, 4.69) is 79.4 Å². The zero-order chi connectivity index (χ0) is 28.8. The summed E-state index contributed by atoms with van der Waals surface area (Å²) in [7, 11) is 5.93. The van der Waals surface area contributed by atoms with Gasteiger partial charge in [0.25, 0.3) is 0 Å². The molecule has 0 bridgehead atoms. The van der Waals surface area contributed by atoms with E-state index in [0.29, 0.717) is 23.0 Å². The molecule has 1 aliphatic heterocycles. The molecule has 0 fully saturated rings. The van der Waals surface area contributed by atoms with Crippen molar-refractivity contribution in [1.29, 1.82) is 0 Å². The minimum Gasteiger partial charge on any atom is -0.485 e. The van der Waals surface area contributed by atoms with Crippen LogP contribution in [0.5, 0.6) is 5.75 Å². The molecule has 2 heterocycles. The van der Waals surface area contributed by atoms with Crippen molar-refractivity contribution in [2.75, 3.05) is 33.1 Å². The molecule has 0 saturated carbocycles. The molecule has 0 unspecified atom stereocenters. The van der Waals surface area contributed by atoms with Crippen LogP contribution in [-0.4, -0.2) is 78.0 Å². The third-order valence-corrected chi connectivity index (χ3v) is 10.9. The van der Waals surface area contributed by atoms with E-state index in [9.17, 15) is 9.90 Å². The van der Waals surface area contributed by atoms with Crippen LogP contribution < -0.4 is 14.8 Å². The first-order valence-electron chi connectivity index (χ1n) is 13.0. The Hall–Kier alpha value is -4.44. The van der Waals surface area contributed by atoms with Gasteiger partial charge in [-0.05, 0) is 58.8 Å². The average Bonchev–Trinajstić information content (AvgIpc) is 2.92. The summed E-state index contributed by atoms with van der Waals surface area (Å²) in [6.45, 7) is 6.43. The number of aryl methyl sites for hydroxylation is 1. The second-order valence-electron chi connectivity index (χ2n) is 10.9. The van der Waals surface area contributed by atoms with Gasteiger partial charge in [0.2, 0.25) is 5.82 Å². The molecule has 40 heavy (non-hydrogen) atoms. The predicted molar refractivity (Wildman–Crippen MR) is 158 cm³/mol. The third kappa shape index (κ3) is 4.75. The van der Waals surface area contributed by atoms with Crippen LogP contribution in [0.1, 0.15) is 33.1 Å². The quantitative estimate of drug-likeness (QED) is 0.366. The van der Waals surface area contributed by atoms with Crippen LogP contribution in [0, 0.1) is 6.92 Å². The van der Waals surface area contributed by atoms with Gasteiger partial charge in [-0.25, -0.2) is 9.37 Å². The molecular weight excluding hydrogens is 520 g/mol. The topological polar surface area (TPSA) is 104 Å². The summed E-state index contributed by atoms with van der Waals surface area (Å²) in [5, 5.41) is 28.9. The number of nitrogens with zero attached hydrogens (tertiary/aromatic N) is 6. The Bertz CT molecular complexity index is 1650. The number of ether oxygens (including phenoxy) is 1. The molecule has 0 atom stereocenters. The van der Waals surface area contributed by atoms with Gasteiger partial charge < -0.3 is 14.7 Å². The van der Waals surface area contributed by atoms with Crippen LogP contribution >= 0.6 is 0 Å². The Morgan fingerprint density at radius 1 is 1.05 bits per heavy atom. The first-order chi connectivity index (χ1) is 19.0. The Labute approximate surface area is 234 Å². The van der Waals surface area contributed by atoms with Crippen molar-refractivity contribution in [3.8, 4) is 5.75 Å². The van der Waals surface area contributed by atoms with E-state index in [4.69, 9.17) is 4.74 Å². The third-order valence-electron chi connectivity index (χ3n) is 7.41. The highest BCUT2D eigenvalue weighted by atomic mass is 28.3. The van der Waals surface area contributed by atoms with E-state index in [0.717, 1.165) is 28.1 Å². The Morgan fingerprint density at radius 3 is 2.42 bits per heavy atom. The maximum atomic E-state index is 12.6. The van der Waals surface area contributed by atoms with Crippen molar-refractivity contribution in [3.05, 3.63) is 93.7 Å². The van der Waals surface area contributed by atoms with Crippen LogP contribution in [0.2, 0.25) is 13.1 Å². The number of hydrogen-bond donors (Lipinski definition) is 1. The van der Waals surface area contributed by atoms with E-state index in [1.165, 1.54) is 10.4 Å². The fraction of sp³-hybridized carbons (Fsp3) is 0.267. The van der Waals surface area contributed by atoms with E-state index >= 15 is 0 Å². The number of aromatic carboxylic acids is 1. The van der Waals surface area contributed by atoms with Gasteiger partial charge in [0.05, 0.1) is 5.56 Å². The molecule has 204 valence electrons. The molecule has 0 spiro atoms. The first-order valence-corrected chi connectivity index (χ1v) is 16.0. The highest BCUT2D eigenvalue weighted by Crippen LogP contribution is 2.45. The van der Waals surface area contributed by atoms with Gasteiger partial charge in [0, 0.05) is 43.1 Å². The van der Waals surface area contributed by atoms with Crippen LogP contribution in [0.25, 0.3) is 5.57 Å². The predicted octanol–water partition coefficient (Wildman–Crippen LogP) is 3.40. The number of allylic oxidation sites excluding steroid dienone is 5. The van der Waals surface area contributed by atoms with Gasteiger partial charge in [0.1, 0.15) is 27.9 Å². The van der Waals surface area contributed by atoms with Crippen LogP contribution in [0.4, 0.5) is 5.69 Å². The molecule has 1 aromatic heterocycles. The summed E-state index contributed by atoms with van der Waals surface area (Å²) in [4.78, 5) is 14.7. The number of benzene rings is 2. The zero-order valence-corrected chi connectivity index (χ0v) is 24.9. The number of fused-ring (bicyclic) bond motifs is 2. The number of aromatic nitrogens is 4. The SMILES string of the molecule is Cc1nnc(COc2cccc(C(=O)O)c2C2=C3C=CC(=[N+](C)C)C=C3[Si](C)(C)c3cc(N(C)C)ccc32)nn1. The first kappa shape index (κ1) is 27.1. The van der Waals surface area contributed by atoms with Crippen molar-refractivity contribution in [1.82, 2.24) is 20.4 Å². The van der Waals surface area contributed by atoms with E-state index in [1.54, 1.807) is 25.1 Å². The van der Waals surface area contributed by atoms with Crippen LogP contribution in [-0.2, 0) is 6.61 Å². The fourth-order valence-electron chi connectivity index (χ4n) is 5.24. The number of hydrogen-bond acceptors (Lipinski definition) is 7. The standard InChI is InChI=1S/C30H32N6O3Si/c1-18-31-33-27(34-32-18)17-39-24-10-8-9-23(30(37)38)29(24)28-21-13-11-19(35(2)3)15-25(21)40(6,7)26-16-20(36(4)5)12-14-22(26)28/h8-16H,17H2,1-7H3/p+1. The lowest BCUT2D eigenvalue weighted by atomic mass is 9.86. The number of rotatable bonds is 6. The molecule has 1 aliphatic carbocycles. The molecule has 1 N–H and O–H groups in total. The highest BCUT2D eigenvalue weighted by molar-refractivity contribution is 6.98. The number of carboxylic acids is 1. The van der Waals surface area contributed by atoms with Crippen molar-refractivity contribution in [3.63, 3.8) is 0 Å². The summed E-state index contributed by atoms with van der Waals surface area (Å²) in [6, 6.07) is 11.6. The molecule has 5 rings (SSSR count). The van der Waals surface area contributed by atoms with E-state index in [1.807, 2.05) is 28.2 Å². The largest absolute Gasteiger partial charge is 0.485 e. The molecule has 3 aromatic rings. The molecule has 0 amide bonds. The maximum absolute atomic E-state index is 12.6. The van der Waals surface area contributed by atoms with Gasteiger partial charge in [-0.3, -0.25) is 0 Å². The van der Waals surface area contributed by atoms with Crippen LogP contribution in [0.15, 0.2) is 65.4 Å². The summed E-state index contributed by atoms with van der Waals surface area (Å²) >= 11 is 0. The fourth-order valence-corrected chi connectivity index (χ4v) is 8.31. The smallest absolute Gasteiger partial charge is 0.336 e. The average molecular weight is 554 g/mol. The summed E-state index contributed by atoms with van der Waals surface area (Å²) in [5.41, 5.74) is 5.81. The van der Waals surface area contributed by atoms with Crippen molar-refractivity contribution in [2.45, 2.75) is 26.6 Å². The zero-order valence-electron chi connectivity index (χ0n) is 23.9. The molecule has 9 nitrogen and oxygen atoms in total. The lowest BCUT2D eigenvalue weighted by molar-refractivity contribution is -0.462. The minimum absolute atomic E-state index is 0.00270. The van der Waals surface area contributed by atoms with Crippen molar-refractivity contribution >= 4 is 36.2 Å². The number of anilines is 1. The molecule has 0 radical (unpaired) electrons. The van der Waals surface area contributed by atoms with E-state index in [-0.39, 0.29) is 12.2 Å². The Morgan fingerprint density at radius 2 is 1.77 bits per heavy atom. The monoisotopic (exact) mass is 553 g/mol. The van der Waals surface area contributed by atoms with Gasteiger partial charge in [-0.1, -0.05) is 25.2 Å².